The van der Waals surface area contributed by atoms with Gasteiger partial charge in [0.25, 0.3) is 0 Å². The molecule has 0 heterocycles. The lowest BCUT2D eigenvalue weighted by Crippen LogP contribution is -2.08. The van der Waals surface area contributed by atoms with Gasteiger partial charge in [-0.3, -0.25) is 0 Å². The van der Waals surface area contributed by atoms with Crippen molar-refractivity contribution in [3.63, 3.8) is 0 Å². The molecule has 0 heteroatoms. The number of hydrogen-bond acceptors (Lipinski definition) is 0. The van der Waals surface area contributed by atoms with Crippen LogP contribution in [0.2, 0.25) is 0 Å². The standard InChI is InChI=1S/C30H62/c1-6-7-8-19-23-26-29(4)30(5)27-24-21-18-16-14-12-10-9-11-13-15-17-20-22-25-28(2)3/h28-30H,6-27H2,1-5H3. The molecule has 0 aliphatic rings. The van der Waals surface area contributed by atoms with Crippen molar-refractivity contribution in [3.05, 3.63) is 0 Å². The SMILES string of the molecule is CCCCCCCC(C)C(C)CCCCCCCCCCCCCCCCC(C)C. The Morgan fingerprint density at radius 2 is 0.600 bits per heavy atom. The summed E-state index contributed by atoms with van der Waals surface area (Å²) in [5.41, 5.74) is 0. The van der Waals surface area contributed by atoms with E-state index in [9.17, 15) is 0 Å². The molecule has 0 bridgehead atoms. The average Bonchev–Trinajstić information content (AvgIpc) is 2.72. The van der Waals surface area contributed by atoms with Gasteiger partial charge in [0.15, 0.2) is 0 Å². The van der Waals surface area contributed by atoms with E-state index in [1.165, 1.54) is 141 Å². The molecule has 0 radical (unpaired) electrons. The first-order valence-electron chi connectivity index (χ1n) is 14.6. The molecular formula is C30H62. The molecule has 0 saturated carbocycles. The zero-order valence-electron chi connectivity index (χ0n) is 22.3. The summed E-state index contributed by atoms with van der Waals surface area (Å²) in [4.78, 5) is 0. The molecule has 2 atom stereocenters. The lowest BCUT2D eigenvalue weighted by Gasteiger charge is -2.19. The zero-order chi connectivity index (χ0) is 22.3. The van der Waals surface area contributed by atoms with Crippen molar-refractivity contribution in [1.82, 2.24) is 0 Å². The smallest absolute Gasteiger partial charge is 0.0417 e. The van der Waals surface area contributed by atoms with E-state index in [4.69, 9.17) is 0 Å². The molecule has 0 N–H and O–H groups in total. The first kappa shape index (κ1) is 30.0. The number of unbranched alkanes of at least 4 members (excludes halogenated alkanes) is 17. The van der Waals surface area contributed by atoms with Crippen LogP contribution in [0.3, 0.4) is 0 Å². The Morgan fingerprint density at radius 3 is 0.900 bits per heavy atom. The van der Waals surface area contributed by atoms with Gasteiger partial charge in [0.1, 0.15) is 0 Å². The predicted octanol–water partition coefficient (Wildman–Crippen LogP) is 11.5. The minimum atomic E-state index is 0.896. The quantitative estimate of drug-likeness (QED) is 0.136. The van der Waals surface area contributed by atoms with Crippen molar-refractivity contribution in [3.8, 4) is 0 Å². The summed E-state index contributed by atoms with van der Waals surface area (Å²) in [6.07, 6.45) is 32.2. The topological polar surface area (TPSA) is 0 Å². The largest absolute Gasteiger partial charge is 0.0654 e. The van der Waals surface area contributed by atoms with Crippen molar-refractivity contribution in [1.29, 1.82) is 0 Å². The summed E-state index contributed by atoms with van der Waals surface area (Å²) in [5, 5.41) is 0. The molecule has 2 unspecified atom stereocenters. The van der Waals surface area contributed by atoms with Crippen LogP contribution in [0.5, 0.6) is 0 Å². The van der Waals surface area contributed by atoms with Crippen LogP contribution in [0, 0.1) is 17.8 Å². The van der Waals surface area contributed by atoms with E-state index in [1.807, 2.05) is 0 Å². The summed E-state index contributed by atoms with van der Waals surface area (Å²) in [5.74, 6) is 2.77. The van der Waals surface area contributed by atoms with Crippen LogP contribution < -0.4 is 0 Å². The van der Waals surface area contributed by atoms with Crippen LogP contribution in [0.4, 0.5) is 0 Å². The van der Waals surface area contributed by atoms with E-state index in [0.29, 0.717) is 0 Å². The highest BCUT2D eigenvalue weighted by molar-refractivity contribution is 4.63. The third-order valence-corrected chi connectivity index (χ3v) is 7.43. The summed E-state index contributed by atoms with van der Waals surface area (Å²) in [6, 6.07) is 0. The molecule has 0 amide bonds. The molecule has 182 valence electrons. The van der Waals surface area contributed by atoms with E-state index in [0.717, 1.165) is 17.8 Å². The summed E-state index contributed by atoms with van der Waals surface area (Å²) in [6.45, 7) is 12.0. The second kappa shape index (κ2) is 23.7. The molecule has 0 aromatic carbocycles. The Balaban J connectivity index is 3.23. The minimum Gasteiger partial charge on any atom is -0.0654 e. The fourth-order valence-electron chi connectivity index (χ4n) is 4.78. The van der Waals surface area contributed by atoms with Crippen LogP contribution in [0.25, 0.3) is 0 Å². The highest BCUT2D eigenvalue weighted by Crippen LogP contribution is 2.24. The van der Waals surface area contributed by atoms with Crippen molar-refractivity contribution in [2.24, 2.45) is 17.8 Å². The number of hydrogen-bond donors (Lipinski definition) is 0. The molecule has 0 aromatic rings. The van der Waals surface area contributed by atoms with Crippen molar-refractivity contribution >= 4 is 0 Å². The first-order chi connectivity index (χ1) is 14.6. The minimum absolute atomic E-state index is 0.896. The van der Waals surface area contributed by atoms with Gasteiger partial charge in [-0.15, -0.1) is 0 Å². The van der Waals surface area contributed by atoms with Gasteiger partial charge >= 0.3 is 0 Å². The molecule has 0 rings (SSSR count). The maximum absolute atomic E-state index is 2.50. The average molecular weight is 423 g/mol. The van der Waals surface area contributed by atoms with Crippen LogP contribution >= 0.6 is 0 Å². The van der Waals surface area contributed by atoms with Gasteiger partial charge in [-0.05, 0) is 17.8 Å². The lowest BCUT2D eigenvalue weighted by molar-refractivity contribution is 0.322. The molecule has 0 aromatic heterocycles. The summed E-state index contributed by atoms with van der Waals surface area (Å²) < 4.78 is 0. The monoisotopic (exact) mass is 422 g/mol. The van der Waals surface area contributed by atoms with Gasteiger partial charge in [0.2, 0.25) is 0 Å². The molecule has 0 spiro atoms. The maximum Gasteiger partial charge on any atom is -0.0417 e. The molecular weight excluding hydrogens is 360 g/mol. The Hall–Kier alpha value is 0. The molecule has 0 nitrogen and oxygen atoms in total. The lowest BCUT2D eigenvalue weighted by atomic mass is 9.86. The summed E-state index contributed by atoms with van der Waals surface area (Å²) in [7, 11) is 0. The van der Waals surface area contributed by atoms with Gasteiger partial charge in [-0.1, -0.05) is 176 Å². The molecule has 0 fully saturated rings. The third kappa shape index (κ3) is 22.7. The van der Waals surface area contributed by atoms with E-state index in [2.05, 4.69) is 34.6 Å². The van der Waals surface area contributed by atoms with E-state index >= 15 is 0 Å². The van der Waals surface area contributed by atoms with Crippen LogP contribution in [-0.2, 0) is 0 Å². The van der Waals surface area contributed by atoms with E-state index in [-0.39, 0.29) is 0 Å². The van der Waals surface area contributed by atoms with Crippen LogP contribution in [0.15, 0.2) is 0 Å². The fourth-order valence-corrected chi connectivity index (χ4v) is 4.78. The van der Waals surface area contributed by atoms with Crippen LogP contribution in [-0.4, -0.2) is 0 Å². The Kier molecular flexibility index (Phi) is 23.7. The number of rotatable bonds is 24. The Labute approximate surface area is 193 Å². The Morgan fingerprint density at radius 1 is 0.333 bits per heavy atom. The maximum atomic E-state index is 2.50. The Bertz CT molecular complexity index is 305. The second-order valence-electron chi connectivity index (χ2n) is 11.1. The normalized spacial score (nSPS) is 13.8. The van der Waals surface area contributed by atoms with Gasteiger partial charge in [0, 0.05) is 0 Å². The highest BCUT2D eigenvalue weighted by atomic mass is 14.2. The van der Waals surface area contributed by atoms with Gasteiger partial charge < -0.3 is 0 Å². The third-order valence-electron chi connectivity index (χ3n) is 7.43. The zero-order valence-corrected chi connectivity index (χ0v) is 22.3. The van der Waals surface area contributed by atoms with E-state index in [1.54, 1.807) is 0 Å². The van der Waals surface area contributed by atoms with Crippen molar-refractivity contribution in [2.45, 2.75) is 176 Å². The fraction of sp³-hybridized carbons (Fsp3) is 1.00. The molecule has 0 aliphatic heterocycles. The predicted molar refractivity (Wildman–Crippen MR) is 140 cm³/mol. The molecule has 0 saturated heterocycles. The molecule has 30 heavy (non-hydrogen) atoms. The van der Waals surface area contributed by atoms with E-state index < -0.39 is 0 Å². The van der Waals surface area contributed by atoms with Gasteiger partial charge in [-0.25, -0.2) is 0 Å². The van der Waals surface area contributed by atoms with Crippen LogP contribution in [0.1, 0.15) is 176 Å². The first-order valence-corrected chi connectivity index (χ1v) is 14.6. The van der Waals surface area contributed by atoms with Gasteiger partial charge in [0.05, 0.1) is 0 Å². The van der Waals surface area contributed by atoms with Crippen molar-refractivity contribution < 1.29 is 0 Å². The molecule has 0 aliphatic carbocycles. The highest BCUT2D eigenvalue weighted by Gasteiger charge is 2.11. The summed E-state index contributed by atoms with van der Waals surface area (Å²) >= 11 is 0. The second-order valence-corrected chi connectivity index (χ2v) is 11.1. The van der Waals surface area contributed by atoms with Gasteiger partial charge in [-0.2, -0.15) is 0 Å². The van der Waals surface area contributed by atoms with Crippen molar-refractivity contribution in [2.75, 3.05) is 0 Å².